The Morgan fingerprint density at radius 2 is 0.744 bits per heavy atom. The van der Waals surface area contributed by atoms with Crippen LogP contribution in [0.15, 0.2) is 0 Å². The molecule has 0 amide bonds. The zero-order valence-electron chi connectivity index (χ0n) is 29.5. The van der Waals surface area contributed by atoms with Crippen LogP contribution in [0.1, 0.15) is 219 Å². The molecule has 1 N–H and O–H groups in total. The first-order valence-corrected chi connectivity index (χ1v) is 19.6. The molecule has 4 heteroatoms. The molecule has 4 nitrogen and oxygen atoms in total. The van der Waals surface area contributed by atoms with Gasteiger partial charge in [-0.1, -0.05) is 200 Å². The van der Waals surface area contributed by atoms with Gasteiger partial charge in [0.1, 0.15) is 12.7 Å². The summed E-state index contributed by atoms with van der Waals surface area (Å²) >= 11 is 0. The van der Waals surface area contributed by atoms with Crippen molar-refractivity contribution in [3.8, 4) is 0 Å². The fourth-order valence-electron chi connectivity index (χ4n) is 5.92. The van der Waals surface area contributed by atoms with E-state index in [1.54, 1.807) is 0 Å². The zero-order chi connectivity index (χ0) is 31.3. The topological polar surface area (TPSA) is 55.8 Å². The van der Waals surface area contributed by atoms with Crippen LogP contribution in [0, 0.1) is 0 Å². The van der Waals surface area contributed by atoms with Gasteiger partial charge in [-0.25, -0.2) is 0 Å². The van der Waals surface area contributed by atoms with Gasteiger partial charge in [-0.05, 0) is 12.8 Å². The monoisotopic (exact) mass is 611 g/mol. The van der Waals surface area contributed by atoms with Gasteiger partial charge in [0.2, 0.25) is 0 Å². The quantitative estimate of drug-likeness (QED) is 0.0561. The summed E-state index contributed by atoms with van der Waals surface area (Å²) in [7, 11) is 0. The molecule has 0 aromatic heterocycles. The van der Waals surface area contributed by atoms with Crippen LogP contribution in [-0.2, 0) is 14.3 Å². The van der Waals surface area contributed by atoms with Crippen LogP contribution >= 0.6 is 0 Å². The van der Waals surface area contributed by atoms with Crippen molar-refractivity contribution in [1.82, 2.24) is 0 Å². The van der Waals surface area contributed by atoms with Crippen molar-refractivity contribution >= 4 is 5.97 Å². The van der Waals surface area contributed by atoms with E-state index in [4.69, 9.17) is 9.47 Å². The number of carbonyl (C=O) groups excluding carboxylic acids is 1. The van der Waals surface area contributed by atoms with E-state index >= 15 is 0 Å². The number of rotatable bonds is 37. The van der Waals surface area contributed by atoms with Gasteiger partial charge in [0.25, 0.3) is 0 Å². The van der Waals surface area contributed by atoms with Crippen molar-refractivity contribution in [3.63, 3.8) is 0 Å². The summed E-state index contributed by atoms with van der Waals surface area (Å²) in [5.41, 5.74) is 0. The second-order valence-corrected chi connectivity index (χ2v) is 13.4. The molecule has 0 fully saturated rings. The highest BCUT2D eigenvalue weighted by molar-refractivity contribution is 5.69. The molecule has 1 unspecified atom stereocenters. The largest absolute Gasteiger partial charge is 0.463 e. The summed E-state index contributed by atoms with van der Waals surface area (Å²) in [6.07, 6.45) is 41.3. The SMILES string of the molecule is CCCCCCCCCCCCCCCCCCOCC(O)COC(=O)CCCCCCCCCCCCCCCCC. The van der Waals surface area contributed by atoms with Crippen LogP contribution in [0.2, 0.25) is 0 Å². The minimum absolute atomic E-state index is 0.0521. The molecule has 0 aromatic carbocycles. The molecule has 0 saturated carbocycles. The Balaban J connectivity index is 3.25. The Labute approximate surface area is 270 Å². The van der Waals surface area contributed by atoms with Crippen LogP contribution in [0.25, 0.3) is 0 Å². The van der Waals surface area contributed by atoms with Gasteiger partial charge in [0.05, 0.1) is 6.61 Å². The van der Waals surface area contributed by atoms with Crippen LogP contribution in [0.4, 0.5) is 0 Å². The van der Waals surface area contributed by atoms with Crippen molar-refractivity contribution in [2.45, 2.75) is 225 Å². The summed E-state index contributed by atoms with van der Waals surface area (Å²) in [5.74, 6) is -0.188. The highest BCUT2D eigenvalue weighted by atomic mass is 16.5. The van der Waals surface area contributed by atoms with Crippen molar-refractivity contribution in [2.24, 2.45) is 0 Å². The minimum Gasteiger partial charge on any atom is -0.463 e. The van der Waals surface area contributed by atoms with E-state index in [9.17, 15) is 9.90 Å². The molecular formula is C39H78O4. The molecule has 1 atom stereocenters. The number of unbranched alkanes of at least 4 members (excludes halogenated alkanes) is 29. The van der Waals surface area contributed by atoms with Gasteiger partial charge in [-0.15, -0.1) is 0 Å². The Morgan fingerprint density at radius 3 is 1.09 bits per heavy atom. The molecule has 0 bridgehead atoms. The molecule has 0 aromatic rings. The smallest absolute Gasteiger partial charge is 0.305 e. The molecule has 0 aliphatic heterocycles. The number of hydrogen-bond donors (Lipinski definition) is 1. The first-order chi connectivity index (χ1) is 21.2. The Bertz CT molecular complexity index is 523. The van der Waals surface area contributed by atoms with Crippen LogP contribution in [-0.4, -0.2) is 37.0 Å². The third kappa shape index (κ3) is 37.5. The lowest BCUT2D eigenvalue weighted by Gasteiger charge is -2.12. The molecule has 0 aliphatic carbocycles. The van der Waals surface area contributed by atoms with Gasteiger partial charge in [-0.2, -0.15) is 0 Å². The average Bonchev–Trinajstić information content (AvgIpc) is 3.01. The van der Waals surface area contributed by atoms with Gasteiger partial charge in [0.15, 0.2) is 0 Å². The maximum absolute atomic E-state index is 11.9. The number of ether oxygens (including phenoxy) is 2. The van der Waals surface area contributed by atoms with Gasteiger partial charge >= 0.3 is 5.97 Å². The standard InChI is InChI=1S/C39H78O4/c1-3-5-7-9-11-13-15-17-19-21-23-25-27-29-31-33-35-42-36-38(40)37-43-39(41)34-32-30-28-26-24-22-20-18-16-14-12-10-8-6-4-2/h38,40H,3-37H2,1-2H3. The van der Waals surface area contributed by atoms with Crippen molar-refractivity contribution in [2.75, 3.05) is 19.8 Å². The van der Waals surface area contributed by atoms with Gasteiger partial charge in [0, 0.05) is 13.0 Å². The Hall–Kier alpha value is -0.610. The van der Waals surface area contributed by atoms with Crippen molar-refractivity contribution in [3.05, 3.63) is 0 Å². The predicted octanol–water partition coefficient (Wildman–Crippen LogP) is 12.4. The Kier molecular flexibility index (Phi) is 37.0. The highest BCUT2D eigenvalue weighted by Crippen LogP contribution is 2.15. The second kappa shape index (κ2) is 37.6. The summed E-state index contributed by atoms with van der Waals surface area (Å²) in [6.45, 7) is 5.55. The highest BCUT2D eigenvalue weighted by Gasteiger charge is 2.09. The third-order valence-electron chi connectivity index (χ3n) is 8.87. The minimum atomic E-state index is -0.717. The summed E-state index contributed by atoms with van der Waals surface area (Å²) in [6, 6.07) is 0. The van der Waals surface area contributed by atoms with E-state index in [0.717, 1.165) is 19.3 Å². The van der Waals surface area contributed by atoms with E-state index in [1.165, 1.54) is 180 Å². The molecule has 43 heavy (non-hydrogen) atoms. The first-order valence-electron chi connectivity index (χ1n) is 19.6. The lowest BCUT2D eigenvalue weighted by atomic mass is 10.0. The summed E-state index contributed by atoms with van der Waals surface area (Å²) in [5, 5.41) is 10.0. The fraction of sp³-hybridized carbons (Fsp3) is 0.974. The molecule has 0 aliphatic rings. The summed E-state index contributed by atoms with van der Waals surface area (Å²) < 4.78 is 10.8. The van der Waals surface area contributed by atoms with Crippen molar-refractivity contribution in [1.29, 1.82) is 0 Å². The Morgan fingerprint density at radius 1 is 0.442 bits per heavy atom. The fourth-order valence-corrected chi connectivity index (χ4v) is 5.92. The maximum atomic E-state index is 11.9. The van der Waals surface area contributed by atoms with E-state index in [2.05, 4.69) is 13.8 Å². The number of esters is 1. The molecule has 258 valence electrons. The van der Waals surface area contributed by atoms with Crippen LogP contribution in [0.3, 0.4) is 0 Å². The van der Waals surface area contributed by atoms with Gasteiger partial charge in [-0.3, -0.25) is 4.79 Å². The average molecular weight is 611 g/mol. The third-order valence-corrected chi connectivity index (χ3v) is 8.87. The van der Waals surface area contributed by atoms with Crippen LogP contribution in [0.5, 0.6) is 0 Å². The van der Waals surface area contributed by atoms with E-state index in [0.29, 0.717) is 13.0 Å². The van der Waals surface area contributed by atoms with E-state index in [-0.39, 0.29) is 19.2 Å². The second-order valence-electron chi connectivity index (χ2n) is 13.4. The summed E-state index contributed by atoms with van der Waals surface area (Å²) in [4.78, 5) is 11.9. The molecule has 0 radical (unpaired) electrons. The predicted molar refractivity (Wildman–Crippen MR) is 187 cm³/mol. The number of hydrogen-bond acceptors (Lipinski definition) is 4. The number of carbonyl (C=O) groups is 1. The number of aliphatic hydroxyl groups is 1. The molecule has 0 saturated heterocycles. The zero-order valence-corrected chi connectivity index (χ0v) is 29.5. The first kappa shape index (κ1) is 42.4. The molecule has 0 rings (SSSR count). The normalized spacial score (nSPS) is 12.2. The lowest BCUT2D eigenvalue weighted by Crippen LogP contribution is -2.24. The lowest BCUT2D eigenvalue weighted by molar-refractivity contribution is -0.147. The number of aliphatic hydroxyl groups excluding tert-OH is 1. The van der Waals surface area contributed by atoms with Gasteiger partial charge < -0.3 is 14.6 Å². The molecule has 0 spiro atoms. The molecular weight excluding hydrogens is 532 g/mol. The molecule has 0 heterocycles. The van der Waals surface area contributed by atoms with E-state index < -0.39 is 6.10 Å². The van der Waals surface area contributed by atoms with Crippen LogP contribution < -0.4 is 0 Å². The van der Waals surface area contributed by atoms with E-state index in [1.807, 2.05) is 0 Å². The maximum Gasteiger partial charge on any atom is 0.305 e. The van der Waals surface area contributed by atoms with Crippen molar-refractivity contribution < 1.29 is 19.4 Å².